The molecule has 2 fully saturated rings. The molecule has 3 aliphatic rings. The van der Waals surface area contributed by atoms with E-state index in [2.05, 4.69) is 10.6 Å². The first-order valence-corrected chi connectivity index (χ1v) is 13.3. The summed E-state index contributed by atoms with van der Waals surface area (Å²) in [4.78, 5) is 42.0. The van der Waals surface area contributed by atoms with E-state index < -0.39 is 0 Å². The van der Waals surface area contributed by atoms with Gasteiger partial charge in [-0.25, -0.2) is 4.79 Å². The summed E-state index contributed by atoms with van der Waals surface area (Å²) in [6.45, 7) is 4.37. The van der Waals surface area contributed by atoms with E-state index in [1.807, 2.05) is 13.8 Å². The maximum atomic E-state index is 13.5. The lowest BCUT2D eigenvalue weighted by Gasteiger charge is -2.38. The maximum Gasteiger partial charge on any atom is 0.317 e. The van der Waals surface area contributed by atoms with Crippen LogP contribution >= 0.6 is 0 Å². The summed E-state index contributed by atoms with van der Waals surface area (Å²) in [5.41, 5.74) is 0.892. The topological polar surface area (TPSA) is 111 Å². The van der Waals surface area contributed by atoms with E-state index in [1.165, 1.54) is 6.42 Å². The number of aliphatic hydroxyl groups excluding tert-OH is 1. The zero-order valence-corrected chi connectivity index (χ0v) is 21.7. The van der Waals surface area contributed by atoms with Gasteiger partial charge in [-0.2, -0.15) is 0 Å². The number of likely N-dealkylation sites (N-methyl/N-ethyl adjacent to an activating group) is 1. The van der Waals surface area contributed by atoms with Crippen molar-refractivity contribution in [3.05, 3.63) is 23.8 Å². The number of benzene rings is 1. The van der Waals surface area contributed by atoms with Crippen LogP contribution in [0.25, 0.3) is 0 Å². The van der Waals surface area contributed by atoms with Gasteiger partial charge in [0.25, 0.3) is 5.91 Å². The van der Waals surface area contributed by atoms with Crippen molar-refractivity contribution in [2.75, 3.05) is 32.1 Å². The molecule has 3 atom stereocenters. The average Bonchev–Trinajstić information content (AvgIpc) is 3.72. The van der Waals surface area contributed by atoms with Crippen LogP contribution in [0.1, 0.15) is 69.2 Å². The van der Waals surface area contributed by atoms with Crippen molar-refractivity contribution >= 4 is 23.5 Å². The van der Waals surface area contributed by atoms with Crippen LogP contribution in [0.2, 0.25) is 0 Å². The molecule has 3 N–H and O–H groups in total. The Kier molecular flexibility index (Phi) is 8.39. The number of aliphatic hydroxyl groups is 1. The van der Waals surface area contributed by atoms with E-state index in [-0.39, 0.29) is 54.5 Å². The van der Waals surface area contributed by atoms with Gasteiger partial charge < -0.3 is 30.3 Å². The fourth-order valence-electron chi connectivity index (χ4n) is 4.99. The van der Waals surface area contributed by atoms with Crippen LogP contribution in [0.15, 0.2) is 18.2 Å². The molecule has 36 heavy (non-hydrogen) atoms. The Morgan fingerprint density at radius 1 is 1.19 bits per heavy atom. The molecule has 4 amide bonds. The van der Waals surface area contributed by atoms with Crippen LogP contribution in [0.5, 0.6) is 5.75 Å². The molecule has 1 heterocycles. The molecule has 0 radical (unpaired) electrons. The summed E-state index contributed by atoms with van der Waals surface area (Å²) < 4.78 is 6.37. The highest BCUT2D eigenvalue weighted by molar-refractivity contribution is 6.00. The average molecular weight is 501 g/mol. The number of nitrogens with one attached hydrogen (secondary N) is 2. The molecule has 0 saturated heterocycles. The Hall–Kier alpha value is -2.81. The molecule has 198 valence electrons. The minimum absolute atomic E-state index is 0.0353. The Morgan fingerprint density at radius 3 is 2.58 bits per heavy atom. The van der Waals surface area contributed by atoms with Gasteiger partial charge in [-0.05, 0) is 50.8 Å². The molecule has 0 unspecified atom stereocenters. The highest BCUT2D eigenvalue weighted by Gasteiger charge is 2.35. The van der Waals surface area contributed by atoms with Gasteiger partial charge in [0.1, 0.15) is 11.9 Å². The number of hydrogen-bond donors (Lipinski definition) is 3. The van der Waals surface area contributed by atoms with Crippen molar-refractivity contribution in [2.45, 2.75) is 77.0 Å². The lowest BCUT2D eigenvalue weighted by Crippen LogP contribution is -2.52. The van der Waals surface area contributed by atoms with Crippen molar-refractivity contribution in [1.29, 1.82) is 0 Å². The molecule has 0 aromatic heterocycles. The number of amides is 4. The van der Waals surface area contributed by atoms with Gasteiger partial charge in [-0.15, -0.1) is 0 Å². The van der Waals surface area contributed by atoms with E-state index in [0.717, 1.165) is 38.5 Å². The SMILES string of the molecule is C[C@@H]1CN([C@@H](C)CO)C(=O)c2cc(NC(=O)C3CC3)ccc2O[C@@H]1CN(C)C(=O)NC1CCCCC1. The van der Waals surface area contributed by atoms with Crippen LogP contribution in [0.4, 0.5) is 10.5 Å². The van der Waals surface area contributed by atoms with Gasteiger partial charge >= 0.3 is 6.03 Å². The predicted molar refractivity (Wildman–Crippen MR) is 137 cm³/mol. The number of carbonyl (C=O) groups is 3. The van der Waals surface area contributed by atoms with Crippen LogP contribution in [0, 0.1) is 11.8 Å². The molecule has 1 aromatic carbocycles. The van der Waals surface area contributed by atoms with Gasteiger partial charge in [0, 0.05) is 37.2 Å². The molecule has 2 saturated carbocycles. The predicted octanol–water partition coefficient (Wildman–Crippen LogP) is 3.23. The number of carbonyl (C=O) groups excluding carboxylic acids is 3. The molecule has 0 bridgehead atoms. The first-order valence-electron chi connectivity index (χ1n) is 13.3. The minimum atomic E-state index is -0.386. The van der Waals surface area contributed by atoms with Crippen LogP contribution < -0.4 is 15.4 Å². The lowest BCUT2D eigenvalue weighted by atomic mass is 9.96. The third-order valence-corrected chi connectivity index (χ3v) is 7.61. The number of ether oxygens (including phenoxy) is 1. The number of anilines is 1. The third-order valence-electron chi connectivity index (χ3n) is 7.61. The van der Waals surface area contributed by atoms with E-state index in [0.29, 0.717) is 30.1 Å². The fraction of sp³-hybridized carbons (Fsp3) is 0.667. The molecule has 9 heteroatoms. The van der Waals surface area contributed by atoms with E-state index in [1.54, 1.807) is 35.0 Å². The first-order chi connectivity index (χ1) is 17.3. The summed E-state index contributed by atoms with van der Waals surface area (Å²) in [7, 11) is 1.77. The fourth-order valence-corrected chi connectivity index (χ4v) is 4.99. The molecular formula is C27H40N4O5. The Balaban J connectivity index is 1.53. The highest BCUT2D eigenvalue weighted by atomic mass is 16.5. The van der Waals surface area contributed by atoms with Crippen molar-refractivity contribution in [2.24, 2.45) is 11.8 Å². The summed E-state index contributed by atoms with van der Waals surface area (Å²) in [5, 5.41) is 15.9. The van der Waals surface area contributed by atoms with E-state index in [4.69, 9.17) is 4.74 Å². The van der Waals surface area contributed by atoms with E-state index in [9.17, 15) is 19.5 Å². The Labute approximate surface area is 213 Å². The second kappa shape index (κ2) is 11.5. The van der Waals surface area contributed by atoms with E-state index >= 15 is 0 Å². The van der Waals surface area contributed by atoms with Crippen molar-refractivity contribution in [3.8, 4) is 5.75 Å². The van der Waals surface area contributed by atoms with Crippen LogP contribution in [-0.4, -0.2) is 77.7 Å². The number of hydrogen-bond acceptors (Lipinski definition) is 5. The van der Waals surface area contributed by atoms with Crippen molar-refractivity contribution in [3.63, 3.8) is 0 Å². The third kappa shape index (κ3) is 6.30. The van der Waals surface area contributed by atoms with Crippen molar-refractivity contribution in [1.82, 2.24) is 15.1 Å². The first kappa shape index (κ1) is 26.3. The summed E-state index contributed by atoms with van der Waals surface area (Å²) in [5.74, 6) is 0.0903. The number of fused-ring (bicyclic) bond motifs is 1. The van der Waals surface area contributed by atoms with Crippen LogP contribution in [-0.2, 0) is 4.79 Å². The maximum absolute atomic E-state index is 13.5. The normalized spacial score (nSPS) is 23.6. The van der Waals surface area contributed by atoms with Gasteiger partial charge in [0.15, 0.2) is 0 Å². The van der Waals surface area contributed by atoms with Gasteiger partial charge in [0.05, 0.1) is 24.8 Å². The second-order valence-electron chi connectivity index (χ2n) is 10.8. The molecular weight excluding hydrogens is 460 g/mol. The monoisotopic (exact) mass is 500 g/mol. The molecule has 1 aromatic rings. The Morgan fingerprint density at radius 2 is 1.92 bits per heavy atom. The number of urea groups is 1. The molecule has 2 aliphatic carbocycles. The van der Waals surface area contributed by atoms with Gasteiger partial charge in [-0.1, -0.05) is 26.2 Å². The van der Waals surface area contributed by atoms with Gasteiger partial charge in [0.2, 0.25) is 5.91 Å². The Bertz CT molecular complexity index is 959. The zero-order chi connectivity index (χ0) is 25.8. The minimum Gasteiger partial charge on any atom is -0.487 e. The number of rotatable bonds is 7. The summed E-state index contributed by atoms with van der Waals surface area (Å²) >= 11 is 0. The largest absolute Gasteiger partial charge is 0.487 e. The molecule has 4 rings (SSSR count). The summed E-state index contributed by atoms with van der Waals surface area (Å²) in [6, 6.07) is 4.83. The standard InChI is InChI=1S/C27H40N4O5/c1-17-14-31(18(2)16-32)26(34)22-13-21(28-25(33)19-9-10-19)11-12-23(22)36-24(17)15-30(3)27(35)29-20-7-5-4-6-8-20/h11-13,17-20,24,32H,4-10,14-16H2,1-3H3,(H,28,33)(H,29,35)/t17-,18+,24-/m1/s1. The van der Waals surface area contributed by atoms with Gasteiger partial charge in [-0.3, -0.25) is 9.59 Å². The molecule has 9 nitrogen and oxygen atoms in total. The smallest absolute Gasteiger partial charge is 0.317 e. The van der Waals surface area contributed by atoms with Crippen molar-refractivity contribution < 1.29 is 24.2 Å². The second-order valence-corrected chi connectivity index (χ2v) is 10.8. The quantitative estimate of drug-likeness (QED) is 0.532. The van der Waals surface area contributed by atoms with Crippen LogP contribution in [0.3, 0.4) is 0 Å². The molecule has 0 spiro atoms. The molecule has 1 aliphatic heterocycles. The number of nitrogens with zero attached hydrogens (tertiary/aromatic N) is 2. The summed E-state index contributed by atoms with van der Waals surface area (Å²) in [6.07, 6.45) is 6.96. The highest BCUT2D eigenvalue weighted by Crippen LogP contribution is 2.33. The zero-order valence-electron chi connectivity index (χ0n) is 21.7. The lowest BCUT2D eigenvalue weighted by molar-refractivity contribution is -0.117.